The summed E-state index contributed by atoms with van der Waals surface area (Å²) in [6, 6.07) is 4.94. The summed E-state index contributed by atoms with van der Waals surface area (Å²) in [6.45, 7) is 2.98. The molecule has 1 atom stereocenters. The predicted octanol–water partition coefficient (Wildman–Crippen LogP) is 1.76. The van der Waals surface area contributed by atoms with E-state index in [0.717, 1.165) is 6.54 Å². The van der Waals surface area contributed by atoms with Crippen LogP contribution in [0, 0.1) is 17.7 Å². The third-order valence-corrected chi connectivity index (χ3v) is 2.89. The van der Waals surface area contributed by atoms with E-state index in [2.05, 4.69) is 11.8 Å². The zero-order chi connectivity index (χ0) is 15.0. The van der Waals surface area contributed by atoms with Crippen molar-refractivity contribution in [3.05, 3.63) is 35.1 Å². The lowest BCUT2D eigenvalue weighted by molar-refractivity contribution is 0.162. The highest BCUT2D eigenvalue weighted by molar-refractivity contribution is 5.37. The van der Waals surface area contributed by atoms with Crippen LogP contribution >= 0.6 is 0 Å². The summed E-state index contributed by atoms with van der Waals surface area (Å²) in [5, 5.41) is 17.9. The van der Waals surface area contributed by atoms with E-state index in [1.807, 2.05) is 11.9 Å². The molecule has 3 nitrogen and oxygen atoms in total. The van der Waals surface area contributed by atoms with Gasteiger partial charge in [0.1, 0.15) is 5.82 Å². The van der Waals surface area contributed by atoms with E-state index in [1.54, 1.807) is 19.1 Å². The van der Waals surface area contributed by atoms with Gasteiger partial charge in [-0.2, -0.15) is 0 Å². The number of benzene rings is 1. The average Bonchev–Trinajstić information content (AvgIpc) is 2.40. The summed E-state index contributed by atoms with van der Waals surface area (Å²) in [7, 11) is 1.90. The van der Waals surface area contributed by atoms with E-state index in [1.165, 1.54) is 6.07 Å². The van der Waals surface area contributed by atoms with Crippen molar-refractivity contribution < 1.29 is 14.6 Å². The van der Waals surface area contributed by atoms with E-state index in [0.29, 0.717) is 30.5 Å². The number of rotatable bonds is 6. The Morgan fingerprint density at radius 2 is 2.15 bits per heavy atom. The summed E-state index contributed by atoms with van der Waals surface area (Å²) >= 11 is 0. The molecule has 0 amide bonds. The zero-order valence-corrected chi connectivity index (χ0v) is 12.1. The van der Waals surface area contributed by atoms with Crippen molar-refractivity contribution in [2.45, 2.75) is 32.4 Å². The average molecular weight is 279 g/mol. The Labute approximate surface area is 120 Å². The molecule has 0 bridgehead atoms. The molecule has 0 aromatic heterocycles. The first-order valence-electron chi connectivity index (χ1n) is 6.77. The Hall–Kier alpha value is -1.41. The fourth-order valence-corrected chi connectivity index (χ4v) is 1.75. The molecule has 0 saturated carbocycles. The van der Waals surface area contributed by atoms with Crippen LogP contribution in [-0.4, -0.2) is 41.4 Å². The molecule has 0 aliphatic heterocycles. The van der Waals surface area contributed by atoms with Crippen LogP contribution in [0.4, 0.5) is 4.39 Å². The van der Waals surface area contributed by atoms with Crippen molar-refractivity contribution >= 4 is 0 Å². The molecule has 0 fully saturated rings. The molecule has 1 aromatic rings. The van der Waals surface area contributed by atoms with Crippen molar-refractivity contribution in [1.29, 1.82) is 0 Å². The predicted molar refractivity (Wildman–Crippen MR) is 77.6 cm³/mol. The molecule has 1 rings (SSSR count). The molecule has 1 aromatic carbocycles. The number of aliphatic hydroxyl groups is 2. The lowest BCUT2D eigenvalue weighted by Crippen LogP contribution is -2.22. The second-order valence-corrected chi connectivity index (χ2v) is 4.96. The molecule has 110 valence electrons. The van der Waals surface area contributed by atoms with Crippen molar-refractivity contribution in [3.8, 4) is 11.8 Å². The topological polar surface area (TPSA) is 43.7 Å². The van der Waals surface area contributed by atoms with Gasteiger partial charge in [0, 0.05) is 30.6 Å². The maximum absolute atomic E-state index is 13.9. The first-order valence-corrected chi connectivity index (χ1v) is 6.77. The van der Waals surface area contributed by atoms with Crippen LogP contribution in [0.5, 0.6) is 0 Å². The quantitative estimate of drug-likeness (QED) is 0.780. The lowest BCUT2D eigenvalue weighted by atomic mass is 10.1. The largest absolute Gasteiger partial charge is 0.395 e. The highest BCUT2D eigenvalue weighted by atomic mass is 19.1. The Kier molecular flexibility index (Phi) is 7.24. The van der Waals surface area contributed by atoms with Gasteiger partial charge in [-0.3, -0.25) is 0 Å². The first kappa shape index (κ1) is 16.6. The van der Waals surface area contributed by atoms with Crippen molar-refractivity contribution in [3.63, 3.8) is 0 Å². The normalized spacial score (nSPS) is 12.1. The van der Waals surface area contributed by atoms with Crippen molar-refractivity contribution in [1.82, 2.24) is 4.90 Å². The van der Waals surface area contributed by atoms with E-state index in [9.17, 15) is 9.50 Å². The highest BCUT2D eigenvalue weighted by Gasteiger charge is 2.07. The van der Waals surface area contributed by atoms with Gasteiger partial charge in [-0.05, 0) is 32.5 Å². The highest BCUT2D eigenvalue weighted by Crippen LogP contribution is 2.12. The standard InChI is InChI=1S/C16H22FNO2/c1-13(20)8-9-18(2)12-15-7-6-14(11-16(15)17)5-3-4-10-19/h6-7,11,13,19-20H,4,8-10,12H2,1-2H3. The minimum Gasteiger partial charge on any atom is -0.395 e. The minimum absolute atomic E-state index is 0.0155. The van der Waals surface area contributed by atoms with Gasteiger partial charge >= 0.3 is 0 Å². The molecule has 0 radical (unpaired) electrons. The number of hydrogen-bond acceptors (Lipinski definition) is 3. The fourth-order valence-electron chi connectivity index (χ4n) is 1.75. The van der Waals surface area contributed by atoms with Gasteiger partial charge in [-0.1, -0.05) is 17.9 Å². The summed E-state index contributed by atoms with van der Waals surface area (Å²) in [5.41, 5.74) is 1.23. The van der Waals surface area contributed by atoms with Crippen LogP contribution in [0.2, 0.25) is 0 Å². The Bertz CT molecular complexity index is 477. The number of aliphatic hydroxyl groups excluding tert-OH is 2. The van der Waals surface area contributed by atoms with Crippen LogP contribution in [0.25, 0.3) is 0 Å². The van der Waals surface area contributed by atoms with Crippen LogP contribution in [0.15, 0.2) is 18.2 Å². The number of hydrogen-bond donors (Lipinski definition) is 2. The van der Waals surface area contributed by atoms with Gasteiger partial charge in [0.15, 0.2) is 0 Å². The summed E-state index contributed by atoms with van der Waals surface area (Å²) < 4.78 is 13.9. The Balaban J connectivity index is 2.62. The van der Waals surface area contributed by atoms with Gasteiger partial charge in [-0.25, -0.2) is 4.39 Å². The van der Waals surface area contributed by atoms with Crippen LogP contribution < -0.4 is 0 Å². The maximum atomic E-state index is 13.9. The second kappa shape index (κ2) is 8.70. The van der Waals surface area contributed by atoms with Crippen LogP contribution in [0.1, 0.15) is 30.9 Å². The molecule has 0 spiro atoms. The van der Waals surface area contributed by atoms with E-state index in [4.69, 9.17) is 5.11 Å². The van der Waals surface area contributed by atoms with Gasteiger partial charge < -0.3 is 15.1 Å². The van der Waals surface area contributed by atoms with Crippen molar-refractivity contribution in [2.75, 3.05) is 20.2 Å². The number of nitrogens with zero attached hydrogens (tertiary/aromatic N) is 1. The molecule has 0 saturated heterocycles. The van der Waals surface area contributed by atoms with E-state index < -0.39 is 0 Å². The Morgan fingerprint density at radius 3 is 2.75 bits per heavy atom. The number of halogens is 1. The van der Waals surface area contributed by atoms with E-state index in [-0.39, 0.29) is 18.5 Å². The summed E-state index contributed by atoms with van der Waals surface area (Å²) in [6.07, 6.45) is 0.723. The SMILES string of the molecule is CC(O)CCN(C)Cc1ccc(C#CCCO)cc1F. The maximum Gasteiger partial charge on any atom is 0.128 e. The van der Waals surface area contributed by atoms with Gasteiger partial charge in [0.2, 0.25) is 0 Å². The molecule has 4 heteroatoms. The molecular weight excluding hydrogens is 257 g/mol. The van der Waals surface area contributed by atoms with E-state index >= 15 is 0 Å². The van der Waals surface area contributed by atoms with Gasteiger partial charge in [-0.15, -0.1) is 0 Å². The first-order chi connectivity index (χ1) is 9.52. The third kappa shape index (κ3) is 6.16. The third-order valence-electron chi connectivity index (χ3n) is 2.89. The minimum atomic E-state index is -0.341. The van der Waals surface area contributed by atoms with Gasteiger partial charge in [0.05, 0.1) is 12.7 Å². The molecule has 1 unspecified atom stereocenters. The molecule has 0 heterocycles. The molecule has 20 heavy (non-hydrogen) atoms. The molecule has 0 aliphatic rings. The molecule has 0 aliphatic carbocycles. The molecular formula is C16H22FNO2. The van der Waals surface area contributed by atoms with Crippen LogP contribution in [-0.2, 0) is 6.54 Å². The second-order valence-electron chi connectivity index (χ2n) is 4.96. The zero-order valence-electron chi connectivity index (χ0n) is 12.1. The lowest BCUT2D eigenvalue weighted by Gasteiger charge is -2.18. The fraction of sp³-hybridized carbons (Fsp3) is 0.500. The van der Waals surface area contributed by atoms with Crippen LogP contribution in [0.3, 0.4) is 0 Å². The Morgan fingerprint density at radius 1 is 1.40 bits per heavy atom. The van der Waals surface area contributed by atoms with Gasteiger partial charge in [0.25, 0.3) is 0 Å². The summed E-state index contributed by atoms with van der Waals surface area (Å²) in [4.78, 5) is 1.97. The molecule has 2 N–H and O–H groups in total. The smallest absolute Gasteiger partial charge is 0.128 e. The summed E-state index contributed by atoms with van der Waals surface area (Å²) in [5.74, 6) is 5.30. The monoisotopic (exact) mass is 279 g/mol. The van der Waals surface area contributed by atoms with Crippen molar-refractivity contribution in [2.24, 2.45) is 0 Å².